The van der Waals surface area contributed by atoms with Crippen LogP contribution in [-0.4, -0.2) is 42.9 Å². The fourth-order valence-corrected chi connectivity index (χ4v) is 3.94. The third-order valence-corrected chi connectivity index (χ3v) is 5.22. The van der Waals surface area contributed by atoms with Gasteiger partial charge in [-0.2, -0.15) is 0 Å². The van der Waals surface area contributed by atoms with E-state index in [0.29, 0.717) is 19.4 Å². The highest BCUT2D eigenvalue weighted by atomic mass is 35.5. The number of rotatable bonds is 3. The largest absolute Gasteiger partial charge is 0.333 e. The average Bonchev–Trinajstić information content (AvgIpc) is 2.70. The van der Waals surface area contributed by atoms with Crippen molar-refractivity contribution in [3.8, 4) is 0 Å². The van der Waals surface area contributed by atoms with Crippen LogP contribution in [-0.2, 0) is 9.59 Å². The molecule has 0 saturated carbocycles. The van der Waals surface area contributed by atoms with Gasteiger partial charge in [0.05, 0.1) is 38.0 Å². The molecule has 2 atom stereocenters. The molecule has 2 aliphatic heterocycles. The highest BCUT2D eigenvalue weighted by molar-refractivity contribution is 6.30. The van der Waals surface area contributed by atoms with Gasteiger partial charge in [-0.3, -0.25) is 14.5 Å². The minimum atomic E-state index is -0.198. The standard InChI is InChI=1S/C15H21ClN2O2/c16-11-4-5-12-13(10-11)15(20)18(14(12)19)9-8-17-6-2-1-3-7-17/h4,12-13H,1-3,5-10H2/p+1/t12-,13+/m0/s1. The lowest BCUT2D eigenvalue weighted by Crippen LogP contribution is -3.13. The lowest BCUT2D eigenvalue weighted by atomic mass is 9.85. The Hall–Kier alpha value is -0.870. The van der Waals surface area contributed by atoms with Gasteiger partial charge < -0.3 is 4.90 Å². The zero-order valence-corrected chi connectivity index (χ0v) is 12.5. The fraction of sp³-hybridized carbons (Fsp3) is 0.733. The summed E-state index contributed by atoms with van der Waals surface area (Å²) in [5.41, 5.74) is 0. The summed E-state index contributed by atoms with van der Waals surface area (Å²) in [7, 11) is 0. The van der Waals surface area contributed by atoms with Crippen molar-refractivity contribution in [1.29, 1.82) is 0 Å². The number of amides is 2. The lowest BCUT2D eigenvalue weighted by Gasteiger charge is -2.25. The van der Waals surface area contributed by atoms with Crippen LogP contribution < -0.4 is 4.90 Å². The van der Waals surface area contributed by atoms with Crippen molar-refractivity contribution in [1.82, 2.24) is 4.90 Å². The monoisotopic (exact) mass is 297 g/mol. The van der Waals surface area contributed by atoms with E-state index >= 15 is 0 Å². The van der Waals surface area contributed by atoms with Crippen molar-refractivity contribution in [2.24, 2.45) is 11.8 Å². The van der Waals surface area contributed by atoms with Crippen LogP contribution in [0.4, 0.5) is 0 Å². The van der Waals surface area contributed by atoms with Crippen molar-refractivity contribution >= 4 is 23.4 Å². The number of carbonyl (C=O) groups is 2. The summed E-state index contributed by atoms with van der Waals surface area (Å²) in [4.78, 5) is 27.8. The third kappa shape index (κ3) is 2.63. The number of quaternary nitrogens is 1. The maximum absolute atomic E-state index is 12.4. The van der Waals surface area contributed by atoms with Gasteiger partial charge in [0.2, 0.25) is 11.8 Å². The molecule has 2 heterocycles. The molecule has 0 unspecified atom stereocenters. The minimum absolute atomic E-state index is 0.00246. The molecular formula is C15H22ClN2O2+. The van der Waals surface area contributed by atoms with Crippen molar-refractivity contribution in [2.45, 2.75) is 32.1 Å². The smallest absolute Gasteiger partial charge is 0.233 e. The number of carbonyl (C=O) groups excluding carboxylic acids is 2. The number of nitrogens with one attached hydrogen (secondary N) is 1. The fourth-order valence-electron chi connectivity index (χ4n) is 3.69. The first-order valence-electron chi connectivity index (χ1n) is 7.70. The van der Waals surface area contributed by atoms with Gasteiger partial charge in [-0.15, -0.1) is 0 Å². The molecule has 3 aliphatic rings. The normalized spacial score (nSPS) is 31.4. The summed E-state index contributed by atoms with van der Waals surface area (Å²) in [6.45, 7) is 3.84. The molecule has 2 fully saturated rings. The predicted octanol–water partition coefficient (Wildman–Crippen LogP) is 0.573. The second-order valence-corrected chi connectivity index (χ2v) is 6.68. The second kappa shape index (κ2) is 5.86. The summed E-state index contributed by atoms with van der Waals surface area (Å²) in [5, 5.41) is 0.732. The zero-order chi connectivity index (χ0) is 14.1. The Balaban J connectivity index is 1.60. The van der Waals surface area contributed by atoms with Gasteiger partial charge in [0.1, 0.15) is 0 Å². The molecule has 0 spiro atoms. The molecule has 4 nitrogen and oxygen atoms in total. The molecule has 1 aliphatic carbocycles. The molecule has 0 radical (unpaired) electrons. The number of hydrogen-bond donors (Lipinski definition) is 1. The van der Waals surface area contributed by atoms with Gasteiger partial charge >= 0.3 is 0 Å². The molecule has 110 valence electrons. The molecule has 3 rings (SSSR count). The highest BCUT2D eigenvalue weighted by Gasteiger charge is 2.48. The van der Waals surface area contributed by atoms with E-state index in [1.165, 1.54) is 42.2 Å². The Morgan fingerprint density at radius 3 is 2.60 bits per heavy atom. The van der Waals surface area contributed by atoms with Gasteiger partial charge in [-0.05, 0) is 32.1 Å². The maximum atomic E-state index is 12.4. The topological polar surface area (TPSA) is 41.8 Å². The van der Waals surface area contributed by atoms with Crippen LogP contribution in [0, 0.1) is 11.8 Å². The molecule has 0 aromatic heterocycles. The number of fused-ring (bicyclic) bond motifs is 1. The average molecular weight is 298 g/mol. The van der Waals surface area contributed by atoms with Crippen molar-refractivity contribution in [3.63, 3.8) is 0 Å². The van der Waals surface area contributed by atoms with Crippen LogP contribution in [0.5, 0.6) is 0 Å². The number of piperidine rings is 1. The van der Waals surface area contributed by atoms with Crippen LogP contribution in [0.3, 0.4) is 0 Å². The number of likely N-dealkylation sites (tertiary alicyclic amines) is 2. The number of halogens is 1. The van der Waals surface area contributed by atoms with E-state index in [1.54, 1.807) is 0 Å². The Kier molecular flexibility index (Phi) is 4.13. The van der Waals surface area contributed by atoms with E-state index < -0.39 is 0 Å². The quantitative estimate of drug-likeness (QED) is 0.774. The van der Waals surface area contributed by atoms with Crippen LogP contribution in [0.25, 0.3) is 0 Å². The molecule has 20 heavy (non-hydrogen) atoms. The zero-order valence-electron chi connectivity index (χ0n) is 11.7. The SMILES string of the molecule is O=C1[C@H]2CC=C(Cl)C[C@H]2C(=O)N1CC[NH+]1CCCCC1. The first-order chi connectivity index (χ1) is 9.66. The lowest BCUT2D eigenvalue weighted by molar-refractivity contribution is -0.904. The van der Waals surface area contributed by atoms with Crippen LogP contribution in [0.1, 0.15) is 32.1 Å². The Morgan fingerprint density at radius 2 is 1.85 bits per heavy atom. The van der Waals surface area contributed by atoms with Gasteiger partial charge in [0.15, 0.2) is 0 Å². The van der Waals surface area contributed by atoms with Gasteiger partial charge in [-0.1, -0.05) is 17.7 Å². The first kappa shape index (κ1) is 14.1. The predicted molar refractivity (Wildman–Crippen MR) is 76.3 cm³/mol. The molecule has 0 aromatic carbocycles. The second-order valence-electron chi connectivity index (χ2n) is 6.19. The van der Waals surface area contributed by atoms with Crippen LogP contribution in [0.15, 0.2) is 11.1 Å². The summed E-state index contributed by atoms with van der Waals surface area (Å²) < 4.78 is 0. The summed E-state index contributed by atoms with van der Waals surface area (Å²) in [6.07, 6.45) is 6.92. The van der Waals surface area contributed by atoms with Crippen molar-refractivity contribution < 1.29 is 14.5 Å². The Morgan fingerprint density at radius 1 is 1.15 bits per heavy atom. The molecule has 2 amide bonds. The van der Waals surface area contributed by atoms with Crippen LogP contribution >= 0.6 is 11.6 Å². The van der Waals surface area contributed by atoms with Gasteiger partial charge in [0, 0.05) is 5.03 Å². The van der Waals surface area contributed by atoms with Crippen LogP contribution in [0.2, 0.25) is 0 Å². The Bertz CT molecular complexity index is 443. The third-order valence-electron chi connectivity index (χ3n) is 4.91. The number of hydrogen-bond acceptors (Lipinski definition) is 2. The van der Waals surface area contributed by atoms with E-state index in [2.05, 4.69) is 0 Å². The van der Waals surface area contributed by atoms with E-state index in [1.807, 2.05) is 6.08 Å². The molecular weight excluding hydrogens is 276 g/mol. The van der Waals surface area contributed by atoms with Crippen molar-refractivity contribution in [2.75, 3.05) is 26.2 Å². The molecule has 0 bridgehead atoms. The van der Waals surface area contributed by atoms with Crippen molar-refractivity contribution in [3.05, 3.63) is 11.1 Å². The summed E-state index contributed by atoms with van der Waals surface area (Å²) in [5.74, 6) is -0.322. The highest BCUT2D eigenvalue weighted by Crippen LogP contribution is 2.38. The van der Waals surface area contributed by atoms with E-state index in [0.717, 1.165) is 11.6 Å². The van der Waals surface area contributed by atoms with E-state index in [9.17, 15) is 9.59 Å². The Labute approximate surface area is 124 Å². The summed E-state index contributed by atoms with van der Waals surface area (Å²) >= 11 is 6.02. The van der Waals surface area contributed by atoms with E-state index in [-0.39, 0.29) is 23.7 Å². The molecule has 1 N–H and O–H groups in total. The first-order valence-corrected chi connectivity index (χ1v) is 8.08. The number of allylic oxidation sites excluding steroid dienone is 2. The molecule has 2 saturated heterocycles. The number of imide groups is 1. The maximum Gasteiger partial charge on any atom is 0.233 e. The molecule has 0 aromatic rings. The van der Waals surface area contributed by atoms with Gasteiger partial charge in [-0.25, -0.2) is 0 Å². The minimum Gasteiger partial charge on any atom is -0.333 e. The number of nitrogens with zero attached hydrogens (tertiary/aromatic N) is 1. The van der Waals surface area contributed by atoms with E-state index in [4.69, 9.17) is 11.6 Å². The summed E-state index contributed by atoms with van der Waals surface area (Å²) in [6, 6.07) is 0. The van der Waals surface area contributed by atoms with Gasteiger partial charge in [0.25, 0.3) is 0 Å². The molecule has 5 heteroatoms.